The van der Waals surface area contributed by atoms with Crippen LogP contribution in [0.2, 0.25) is 0 Å². The molecule has 1 aromatic heterocycles. The number of aryl methyl sites for hydroxylation is 1. The molecule has 0 bridgehead atoms. The molecular formula is C8H11N3O. The second-order valence-corrected chi connectivity index (χ2v) is 2.51. The number of nitrogens with zero attached hydrogens (tertiary/aromatic N) is 1. The minimum absolute atomic E-state index is 0.225. The standard InChI is InChI=1S/C8H11N3O/c1-6-3-2-4-10-7(6)5-8(12)11-9/h2-4H,5,9H2,1H3,(H,11,12). The third kappa shape index (κ3) is 2.03. The first-order chi connectivity index (χ1) is 5.74. The predicted molar refractivity (Wildman–Crippen MR) is 45.0 cm³/mol. The summed E-state index contributed by atoms with van der Waals surface area (Å²) in [6.45, 7) is 1.91. The first kappa shape index (κ1) is 8.67. The summed E-state index contributed by atoms with van der Waals surface area (Å²) in [6, 6.07) is 3.74. The van der Waals surface area contributed by atoms with Crippen molar-refractivity contribution in [1.82, 2.24) is 10.4 Å². The number of carbonyl (C=O) groups is 1. The Bertz CT molecular complexity index is 285. The monoisotopic (exact) mass is 165 g/mol. The molecule has 1 amide bonds. The Morgan fingerprint density at radius 3 is 3.08 bits per heavy atom. The molecule has 0 saturated heterocycles. The quantitative estimate of drug-likeness (QED) is 0.366. The van der Waals surface area contributed by atoms with Gasteiger partial charge in [0.15, 0.2) is 0 Å². The third-order valence-corrected chi connectivity index (χ3v) is 1.61. The van der Waals surface area contributed by atoms with Crippen molar-refractivity contribution >= 4 is 5.91 Å². The van der Waals surface area contributed by atoms with Crippen molar-refractivity contribution in [3.63, 3.8) is 0 Å². The number of amides is 1. The number of pyridine rings is 1. The van der Waals surface area contributed by atoms with Crippen molar-refractivity contribution in [2.45, 2.75) is 13.3 Å². The van der Waals surface area contributed by atoms with E-state index in [4.69, 9.17) is 5.84 Å². The molecule has 0 radical (unpaired) electrons. The molecular weight excluding hydrogens is 154 g/mol. The smallest absolute Gasteiger partial charge is 0.239 e. The van der Waals surface area contributed by atoms with Gasteiger partial charge in [-0.1, -0.05) is 6.07 Å². The largest absolute Gasteiger partial charge is 0.294 e. The van der Waals surface area contributed by atoms with E-state index in [-0.39, 0.29) is 12.3 Å². The lowest BCUT2D eigenvalue weighted by Gasteiger charge is -2.01. The third-order valence-electron chi connectivity index (χ3n) is 1.61. The lowest BCUT2D eigenvalue weighted by molar-refractivity contribution is -0.120. The maximum atomic E-state index is 10.9. The van der Waals surface area contributed by atoms with Crippen molar-refractivity contribution in [1.29, 1.82) is 0 Å². The van der Waals surface area contributed by atoms with Crippen LogP contribution in [0.25, 0.3) is 0 Å². The number of aromatic nitrogens is 1. The molecule has 0 aromatic carbocycles. The number of nitrogens with one attached hydrogen (secondary N) is 1. The summed E-state index contributed by atoms with van der Waals surface area (Å²) >= 11 is 0. The second-order valence-electron chi connectivity index (χ2n) is 2.51. The second kappa shape index (κ2) is 3.82. The zero-order valence-corrected chi connectivity index (χ0v) is 6.87. The van der Waals surface area contributed by atoms with Crippen LogP contribution in [-0.4, -0.2) is 10.9 Å². The average Bonchev–Trinajstić information content (AvgIpc) is 2.09. The Hall–Kier alpha value is -1.42. The van der Waals surface area contributed by atoms with E-state index >= 15 is 0 Å². The Morgan fingerprint density at radius 2 is 2.50 bits per heavy atom. The molecule has 0 fully saturated rings. The fourth-order valence-corrected chi connectivity index (χ4v) is 0.907. The molecule has 12 heavy (non-hydrogen) atoms. The SMILES string of the molecule is Cc1cccnc1CC(=O)NN. The highest BCUT2D eigenvalue weighted by atomic mass is 16.2. The van der Waals surface area contributed by atoms with Gasteiger partial charge in [0.1, 0.15) is 0 Å². The molecule has 1 aromatic rings. The molecule has 1 rings (SSSR count). The van der Waals surface area contributed by atoms with E-state index < -0.39 is 0 Å². The number of hydrogen-bond donors (Lipinski definition) is 2. The minimum atomic E-state index is -0.225. The van der Waals surface area contributed by atoms with Crippen LogP contribution in [0.4, 0.5) is 0 Å². The summed E-state index contributed by atoms with van der Waals surface area (Å²) in [6.07, 6.45) is 1.90. The summed E-state index contributed by atoms with van der Waals surface area (Å²) in [5.74, 6) is 4.72. The first-order valence-corrected chi connectivity index (χ1v) is 3.64. The van der Waals surface area contributed by atoms with Crippen molar-refractivity contribution in [3.05, 3.63) is 29.6 Å². The van der Waals surface area contributed by atoms with Crippen LogP contribution in [0.3, 0.4) is 0 Å². The number of rotatable bonds is 2. The Morgan fingerprint density at radius 1 is 1.75 bits per heavy atom. The fourth-order valence-electron chi connectivity index (χ4n) is 0.907. The lowest BCUT2D eigenvalue weighted by Crippen LogP contribution is -2.31. The molecule has 4 heteroatoms. The zero-order chi connectivity index (χ0) is 8.97. The number of nitrogens with two attached hydrogens (primary N) is 1. The van der Waals surface area contributed by atoms with Crippen LogP contribution in [-0.2, 0) is 11.2 Å². The Labute approximate surface area is 70.8 Å². The molecule has 64 valence electrons. The highest BCUT2D eigenvalue weighted by Gasteiger charge is 2.03. The van der Waals surface area contributed by atoms with Crippen molar-refractivity contribution in [2.75, 3.05) is 0 Å². The van der Waals surface area contributed by atoms with E-state index in [9.17, 15) is 4.79 Å². The van der Waals surface area contributed by atoms with E-state index in [0.717, 1.165) is 11.3 Å². The normalized spacial score (nSPS) is 9.50. The van der Waals surface area contributed by atoms with Gasteiger partial charge in [0.25, 0.3) is 0 Å². The molecule has 0 spiro atoms. The van der Waals surface area contributed by atoms with Gasteiger partial charge in [-0.15, -0.1) is 0 Å². The van der Waals surface area contributed by atoms with Gasteiger partial charge in [0.2, 0.25) is 5.91 Å². The van der Waals surface area contributed by atoms with Gasteiger partial charge in [0.05, 0.1) is 12.1 Å². The van der Waals surface area contributed by atoms with Gasteiger partial charge in [-0.3, -0.25) is 15.2 Å². The van der Waals surface area contributed by atoms with E-state index in [1.807, 2.05) is 19.1 Å². The van der Waals surface area contributed by atoms with E-state index in [2.05, 4.69) is 10.4 Å². The lowest BCUT2D eigenvalue weighted by atomic mass is 10.1. The fraction of sp³-hybridized carbons (Fsp3) is 0.250. The minimum Gasteiger partial charge on any atom is -0.294 e. The molecule has 0 unspecified atom stereocenters. The van der Waals surface area contributed by atoms with E-state index in [1.54, 1.807) is 6.20 Å². The van der Waals surface area contributed by atoms with Crippen LogP contribution in [0.5, 0.6) is 0 Å². The molecule has 3 N–H and O–H groups in total. The topological polar surface area (TPSA) is 68.0 Å². The molecule has 0 saturated carbocycles. The molecule has 1 heterocycles. The van der Waals surface area contributed by atoms with E-state index in [1.165, 1.54) is 0 Å². The number of hydrazine groups is 1. The summed E-state index contributed by atoms with van der Waals surface area (Å²) in [5.41, 5.74) is 3.83. The van der Waals surface area contributed by atoms with Crippen LogP contribution < -0.4 is 11.3 Å². The molecule has 0 aliphatic heterocycles. The zero-order valence-electron chi connectivity index (χ0n) is 6.87. The molecule has 0 aliphatic rings. The van der Waals surface area contributed by atoms with Crippen molar-refractivity contribution in [2.24, 2.45) is 5.84 Å². The van der Waals surface area contributed by atoms with Crippen LogP contribution in [0.1, 0.15) is 11.3 Å². The van der Waals surface area contributed by atoms with Gasteiger partial charge in [-0.05, 0) is 18.6 Å². The number of hydrogen-bond acceptors (Lipinski definition) is 3. The maximum absolute atomic E-state index is 10.9. The van der Waals surface area contributed by atoms with Crippen LogP contribution in [0, 0.1) is 6.92 Å². The average molecular weight is 165 g/mol. The van der Waals surface area contributed by atoms with Gasteiger partial charge in [-0.25, -0.2) is 5.84 Å². The highest BCUT2D eigenvalue weighted by molar-refractivity contribution is 5.77. The summed E-state index contributed by atoms with van der Waals surface area (Å²) in [7, 11) is 0. The Balaban J connectivity index is 2.75. The van der Waals surface area contributed by atoms with E-state index in [0.29, 0.717) is 0 Å². The Kier molecular flexibility index (Phi) is 2.76. The molecule has 0 atom stereocenters. The first-order valence-electron chi connectivity index (χ1n) is 3.64. The summed E-state index contributed by atoms with van der Waals surface area (Å²) in [5, 5.41) is 0. The predicted octanol–water partition coefficient (Wildman–Crippen LogP) is -0.0776. The van der Waals surface area contributed by atoms with Gasteiger partial charge in [0, 0.05) is 6.20 Å². The maximum Gasteiger partial charge on any atom is 0.239 e. The number of carbonyl (C=O) groups excluding carboxylic acids is 1. The summed E-state index contributed by atoms with van der Waals surface area (Å²) < 4.78 is 0. The van der Waals surface area contributed by atoms with Crippen LogP contribution in [0.15, 0.2) is 18.3 Å². The van der Waals surface area contributed by atoms with Gasteiger partial charge < -0.3 is 0 Å². The summed E-state index contributed by atoms with van der Waals surface area (Å²) in [4.78, 5) is 14.9. The van der Waals surface area contributed by atoms with Crippen molar-refractivity contribution < 1.29 is 4.79 Å². The van der Waals surface area contributed by atoms with Crippen molar-refractivity contribution in [3.8, 4) is 0 Å². The van der Waals surface area contributed by atoms with Crippen LogP contribution >= 0.6 is 0 Å². The highest BCUT2D eigenvalue weighted by Crippen LogP contribution is 2.02. The van der Waals surface area contributed by atoms with Gasteiger partial charge >= 0.3 is 0 Å². The molecule has 4 nitrogen and oxygen atoms in total. The molecule has 0 aliphatic carbocycles. The van der Waals surface area contributed by atoms with Gasteiger partial charge in [-0.2, -0.15) is 0 Å².